The number of hydrogen-bond acceptors (Lipinski definition) is 3. The topological polar surface area (TPSA) is 94.8 Å². The van der Waals surface area contributed by atoms with E-state index in [-0.39, 0.29) is 5.56 Å². The van der Waals surface area contributed by atoms with Gasteiger partial charge in [0.2, 0.25) is 0 Å². The molecule has 16 heavy (non-hydrogen) atoms. The second-order valence-electron chi connectivity index (χ2n) is 3.60. The first-order valence-electron chi connectivity index (χ1n) is 4.61. The van der Waals surface area contributed by atoms with Gasteiger partial charge >= 0.3 is 11.9 Å². The molecule has 0 saturated heterocycles. The van der Waals surface area contributed by atoms with E-state index >= 15 is 0 Å². The fourth-order valence-corrected chi connectivity index (χ4v) is 1.35. The highest BCUT2D eigenvalue weighted by Crippen LogP contribution is 2.25. The number of benzene rings is 1. The van der Waals surface area contributed by atoms with Gasteiger partial charge in [0.05, 0.1) is 6.42 Å². The van der Waals surface area contributed by atoms with Crippen molar-refractivity contribution in [3.05, 3.63) is 35.4 Å². The van der Waals surface area contributed by atoms with Crippen LogP contribution >= 0.6 is 0 Å². The lowest BCUT2D eigenvalue weighted by molar-refractivity contribution is -0.166. The van der Waals surface area contributed by atoms with Gasteiger partial charge in [-0.25, -0.2) is 4.79 Å². The molecule has 5 heteroatoms. The maximum atomic E-state index is 10.9. The highest BCUT2D eigenvalue weighted by atomic mass is 16.4. The molecule has 0 aliphatic carbocycles. The normalized spacial score (nSPS) is 14.1. The molecule has 0 aromatic heterocycles. The van der Waals surface area contributed by atoms with Crippen molar-refractivity contribution in [2.45, 2.75) is 18.9 Å². The summed E-state index contributed by atoms with van der Waals surface area (Å²) in [7, 11) is 0. The van der Waals surface area contributed by atoms with Crippen LogP contribution in [-0.2, 0) is 15.2 Å². The summed E-state index contributed by atoms with van der Waals surface area (Å²) in [5.74, 6) is -2.94. The molecule has 5 nitrogen and oxygen atoms in total. The zero-order valence-electron chi connectivity index (χ0n) is 8.67. The molecule has 0 heterocycles. The van der Waals surface area contributed by atoms with E-state index in [0.717, 1.165) is 5.56 Å². The van der Waals surface area contributed by atoms with E-state index in [2.05, 4.69) is 0 Å². The zero-order chi connectivity index (χ0) is 12.3. The van der Waals surface area contributed by atoms with Crippen molar-refractivity contribution in [3.63, 3.8) is 0 Å². The van der Waals surface area contributed by atoms with Gasteiger partial charge in [0, 0.05) is 0 Å². The molecule has 0 aliphatic rings. The molecule has 0 radical (unpaired) electrons. The van der Waals surface area contributed by atoms with Gasteiger partial charge < -0.3 is 15.3 Å². The molecule has 3 N–H and O–H groups in total. The molecular weight excluding hydrogens is 212 g/mol. The Labute approximate surface area is 92.0 Å². The number of aliphatic carboxylic acids is 2. The van der Waals surface area contributed by atoms with Crippen LogP contribution < -0.4 is 0 Å². The average Bonchev–Trinajstić information content (AvgIpc) is 2.17. The molecule has 1 atom stereocenters. The van der Waals surface area contributed by atoms with E-state index in [4.69, 9.17) is 10.2 Å². The van der Waals surface area contributed by atoms with E-state index < -0.39 is 24.0 Å². The van der Waals surface area contributed by atoms with Crippen LogP contribution in [0.15, 0.2) is 24.3 Å². The van der Waals surface area contributed by atoms with Crippen molar-refractivity contribution in [1.82, 2.24) is 0 Å². The summed E-state index contributed by atoms with van der Waals surface area (Å²) in [5, 5.41) is 27.3. The Bertz CT molecular complexity index is 409. The van der Waals surface area contributed by atoms with Gasteiger partial charge in [-0.05, 0) is 12.5 Å². The molecule has 0 saturated carbocycles. The fourth-order valence-electron chi connectivity index (χ4n) is 1.35. The molecule has 1 rings (SSSR count). The first kappa shape index (κ1) is 12.2. The number of hydrogen-bond donors (Lipinski definition) is 3. The van der Waals surface area contributed by atoms with Crippen molar-refractivity contribution in [1.29, 1.82) is 0 Å². The number of carbonyl (C=O) groups is 2. The molecule has 0 fully saturated rings. The number of rotatable bonds is 4. The Morgan fingerprint density at radius 3 is 2.06 bits per heavy atom. The van der Waals surface area contributed by atoms with Crippen molar-refractivity contribution >= 4 is 11.9 Å². The fraction of sp³-hybridized carbons (Fsp3) is 0.273. The lowest BCUT2D eigenvalue weighted by Gasteiger charge is -2.21. The van der Waals surface area contributed by atoms with Gasteiger partial charge in [-0.2, -0.15) is 0 Å². The van der Waals surface area contributed by atoms with Crippen LogP contribution in [0.5, 0.6) is 0 Å². The van der Waals surface area contributed by atoms with Crippen LogP contribution in [0, 0.1) is 6.92 Å². The molecule has 1 unspecified atom stereocenters. The lowest BCUT2D eigenvalue weighted by atomic mass is 9.90. The number of aryl methyl sites for hydroxylation is 1. The van der Waals surface area contributed by atoms with Gasteiger partial charge in [-0.3, -0.25) is 4.79 Å². The van der Waals surface area contributed by atoms with Crippen LogP contribution in [-0.4, -0.2) is 27.3 Å². The van der Waals surface area contributed by atoms with Crippen molar-refractivity contribution in [3.8, 4) is 0 Å². The average molecular weight is 224 g/mol. The van der Waals surface area contributed by atoms with E-state index in [9.17, 15) is 14.7 Å². The van der Waals surface area contributed by atoms with Crippen LogP contribution in [0.2, 0.25) is 0 Å². The Hall–Kier alpha value is -1.88. The maximum absolute atomic E-state index is 10.9. The summed E-state index contributed by atoms with van der Waals surface area (Å²) in [6.07, 6.45) is -0.870. The minimum Gasteiger partial charge on any atom is -0.481 e. The Balaban J connectivity index is 3.16. The van der Waals surface area contributed by atoms with E-state index in [1.54, 1.807) is 19.1 Å². The van der Waals surface area contributed by atoms with Crippen molar-refractivity contribution in [2.24, 2.45) is 0 Å². The Kier molecular flexibility index (Phi) is 3.29. The highest BCUT2D eigenvalue weighted by molar-refractivity contribution is 5.85. The third kappa shape index (κ3) is 2.38. The van der Waals surface area contributed by atoms with Gasteiger partial charge in [-0.15, -0.1) is 0 Å². The van der Waals surface area contributed by atoms with E-state index in [1.165, 1.54) is 12.1 Å². The predicted molar refractivity (Wildman–Crippen MR) is 55.0 cm³/mol. The van der Waals surface area contributed by atoms with Crippen LogP contribution in [0.25, 0.3) is 0 Å². The SMILES string of the molecule is Cc1ccc(C(O)(CC(=O)O)C(=O)O)cc1. The Morgan fingerprint density at radius 1 is 1.19 bits per heavy atom. The lowest BCUT2D eigenvalue weighted by Crippen LogP contribution is -2.37. The molecule has 1 aromatic carbocycles. The molecular formula is C11H12O5. The standard InChI is InChI=1S/C11H12O5/c1-7-2-4-8(5-3-7)11(16,10(14)15)6-9(12)13/h2-5,16H,6H2,1H3,(H,12,13)(H,14,15). The highest BCUT2D eigenvalue weighted by Gasteiger charge is 2.40. The van der Waals surface area contributed by atoms with Crippen molar-refractivity contribution < 1.29 is 24.9 Å². The van der Waals surface area contributed by atoms with Crippen LogP contribution in [0.3, 0.4) is 0 Å². The second-order valence-corrected chi connectivity index (χ2v) is 3.60. The third-order valence-corrected chi connectivity index (χ3v) is 2.29. The van der Waals surface area contributed by atoms with Crippen LogP contribution in [0.1, 0.15) is 17.5 Å². The quantitative estimate of drug-likeness (QED) is 0.701. The van der Waals surface area contributed by atoms with E-state index in [0.29, 0.717) is 0 Å². The molecule has 86 valence electrons. The number of carboxylic acids is 2. The summed E-state index contributed by atoms with van der Waals surface area (Å²) >= 11 is 0. The smallest absolute Gasteiger partial charge is 0.341 e. The van der Waals surface area contributed by atoms with Gasteiger partial charge in [0.1, 0.15) is 0 Å². The van der Waals surface area contributed by atoms with Gasteiger partial charge in [0.25, 0.3) is 0 Å². The van der Waals surface area contributed by atoms with Crippen molar-refractivity contribution in [2.75, 3.05) is 0 Å². The minimum atomic E-state index is -2.38. The van der Waals surface area contributed by atoms with Crippen LogP contribution in [0.4, 0.5) is 0 Å². The van der Waals surface area contributed by atoms with Gasteiger partial charge in [0.15, 0.2) is 5.60 Å². The largest absolute Gasteiger partial charge is 0.481 e. The molecule has 0 amide bonds. The second kappa shape index (κ2) is 4.32. The summed E-state index contributed by atoms with van der Waals surface area (Å²) in [4.78, 5) is 21.5. The summed E-state index contributed by atoms with van der Waals surface area (Å²) < 4.78 is 0. The number of aliphatic hydroxyl groups is 1. The zero-order valence-corrected chi connectivity index (χ0v) is 8.67. The summed E-state index contributed by atoms with van der Waals surface area (Å²) in [6.45, 7) is 1.81. The third-order valence-electron chi connectivity index (χ3n) is 2.29. The monoisotopic (exact) mass is 224 g/mol. The molecule has 1 aromatic rings. The first-order chi connectivity index (χ1) is 7.36. The molecule has 0 bridgehead atoms. The molecule has 0 aliphatic heterocycles. The predicted octanol–water partition coefficient (Wildman–Crippen LogP) is 0.742. The summed E-state index contributed by atoms with van der Waals surface area (Å²) in [5.41, 5.74) is -1.42. The van der Waals surface area contributed by atoms with E-state index in [1.807, 2.05) is 0 Å². The molecule has 0 spiro atoms. The first-order valence-corrected chi connectivity index (χ1v) is 4.61. The van der Waals surface area contributed by atoms with Gasteiger partial charge in [-0.1, -0.05) is 29.8 Å². The number of carboxylic acid groups (broad SMARTS) is 2. The maximum Gasteiger partial charge on any atom is 0.341 e. The minimum absolute atomic E-state index is 0.0630. The summed E-state index contributed by atoms with van der Waals surface area (Å²) in [6, 6.07) is 6.05. The Morgan fingerprint density at radius 2 is 1.69 bits per heavy atom.